The first-order valence-corrected chi connectivity index (χ1v) is 11.1. The average molecular weight is 434 g/mol. The van der Waals surface area contributed by atoms with Crippen LogP contribution in [0.1, 0.15) is 41.4 Å². The van der Waals surface area contributed by atoms with Crippen LogP contribution in [0.25, 0.3) is 0 Å². The van der Waals surface area contributed by atoms with Gasteiger partial charge < -0.3 is 19.9 Å². The molecule has 1 atom stereocenters. The number of rotatable bonds is 8. The lowest BCUT2D eigenvalue weighted by Gasteiger charge is -2.20. The number of hydrogen-bond donors (Lipinski definition) is 2. The average Bonchev–Trinajstić information content (AvgIpc) is 3.48. The lowest BCUT2D eigenvalue weighted by atomic mass is 10.1. The molecule has 1 fully saturated rings. The largest absolute Gasteiger partial charge is 0.497 e. The molecule has 2 heterocycles. The number of nitrogens with zero attached hydrogens (tertiary/aromatic N) is 3. The van der Waals surface area contributed by atoms with E-state index in [1.165, 1.54) is 31.5 Å². The maximum Gasteiger partial charge on any atom is 0.315 e. The van der Waals surface area contributed by atoms with Gasteiger partial charge >= 0.3 is 6.03 Å². The summed E-state index contributed by atoms with van der Waals surface area (Å²) >= 11 is 0. The van der Waals surface area contributed by atoms with Crippen molar-refractivity contribution < 1.29 is 9.53 Å². The van der Waals surface area contributed by atoms with Gasteiger partial charge in [-0.3, -0.25) is 4.90 Å². The topological polar surface area (TPSA) is 71.4 Å². The fourth-order valence-corrected chi connectivity index (χ4v) is 4.17. The van der Waals surface area contributed by atoms with Crippen molar-refractivity contribution >= 4 is 6.03 Å². The van der Waals surface area contributed by atoms with E-state index in [0.29, 0.717) is 6.54 Å². The molecule has 4 rings (SSSR count). The van der Waals surface area contributed by atoms with Crippen LogP contribution in [-0.4, -0.2) is 40.7 Å². The van der Waals surface area contributed by atoms with E-state index in [2.05, 4.69) is 38.7 Å². The van der Waals surface area contributed by atoms with Crippen molar-refractivity contribution in [3.05, 3.63) is 83.4 Å². The molecule has 168 valence electrons. The first-order chi connectivity index (χ1) is 15.6. The third kappa shape index (κ3) is 5.48. The number of aromatic nitrogens is 2. The Balaban J connectivity index is 1.42. The fourth-order valence-electron chi connectivity index (χ4n) is 4.17. The molecule has 0 radical (unpaired) electrons. The molecule has 0 saturated carbocycles. The van der Waals surface area contributed by atoms with Crippen LogP contribution >= 0.6 is 0 Å². The number of nitrogens with one attached hydrogen (secondary N) is 2. The molecular formula is C25H31N5O2. The summed E-state index contributed by atoms with van der Waals surface area (Å²) in [7, 11) is 3.55. The minimum Gasteiger partial charge on any atom is -0.497 e. The van der Waals surface area contributed by atoms with Gasteiger partial charge in [0.15, 0.2) is 0 Å². The Labute approximate surface area is 189 Å². The monoisotopic (exact) mass is 433 g/mol. The zero-order valence-corrected chi connectivity index (χ0v) is 18.8. The van der Waals surface area contributed by atoms with Crippen LogP contribution in [0, 0.1) is 0 Å². The van der Waals surface area contributed by atoms with Gasteiger partial charge in [-0.05, 0) is 54.8 Å². The molecule has 2 aromatic carbocycles. The summed E-state index contributed by atoms with van der Waals surface area (Å²) in [5, 5.41) is 6.07. The number of methoxy groups -OCH3 is 1. The number of benzene rings is 2. The predicted octanol–water partition coefficient (Wildman–Crippen LogP) is 3.61. The third-order valence-corrected chi connectivity index (χ3v) is 5.87. The van der Waals surface area contributed by atoms with Crippen LogP contribution in [0.4, 0.5) is 4.79 Å². The van der Waals surface area contributed by atoms with E-state index < -0.39 is 6.04 Å². The molecule has 0 spiro atoms. The molecule has 7 heteroatoms. The van der Waals surface area contributed by atoms with E-state index >= 15 is 0 Å². The number of hydrogen-bond acceptors (Lipinski definition) is 4. The van der Waals surface area contributed by atoms with E-state index in [-0.39, 0.29) is 6.03 Å². The second-order valence-electron chi connectivity index (χ2n) is 8.24. The quantitative estimate of drug-likeness (QED) is 0.569. The van der Waals surface area contributed by atoms with Gasteiger partial charge in [0.2, 0.25) is 0 Å². The van der Waals surface area contributed by atoms with Gasteiger partial charge in [0.05, 0.1) is 7.11 Å². The standard InChI is InChI=1S/C25H31N5O2/c1-29-14-11-26-24(29)23(21-9-6-10-22(16-21)32-2)28-25(31)27-17-19-7-5-8-20(15-19)18-30-12-3-4-13-30/h5-11,14-16,23H,3-4,12-13,17-18H2,1-2H3,(H2,27,28,31)/t23-/m1/s1. The Morgan fingerprint density at radius 3 is 2.66 bits per heavy atom. The van der Waals surface area contributed by atoms with Crippen LogP contribution < -0.4 is 15.4 Å². The third-order valence-electron chi connectivity index (χ3n) is 5.87. The zero-order chi connectivity index (χ0) is 22.3. The molecule has 1 aromatic heterocycles. The second-order valence-corrected chi connectivity index (χ2v) is 8.24. The van der Waals surface area contributed by atoms with Crippen LogP contribution in [0.5, 0.6) is 5.75 Å². The maximum absolute atomic E-state index is 12.8. The van der Waals surface area contributed by atoms with Gasteiger partial charge in [0.25, 0.3) is 0 Å². The molecule has 0 aliphatic carbocycles. The summed E-state index contributed by atoms with van der Waals surface area (Å²) in [6, 6.07) is 15.5. The maximum atomic E-state index is 12.8. The van der Waals surface area contributed by atoms with Crippen molar-refractivity contribution in [2.24, 2.45) is 7.05 Å². The fraction of sp³-hybridized carbons (Fsp3) is 0.360. The summed E-state index contributed by atoms with van der Waals surface area (Å²) in [5.74, 6) is 1.49. The summed E-state index contributed by atoms with van der Waals surface area (Å²) in [5.41, 5.74) is 3.28. The molecule has 7 nitrogen and oxygen atoms in total. The number of likely N-dealkylation sites (tertiary alicyclic amines) is 1. The predicted molar refractivity (Wildman–Crippen MR) is 124 cm³/mol. The number of aryl methyl sites for hydroxylation is 1. The van der Waals surface area contributed by atoms with E-state index in [0.717, 1.165) is 29.2 Å². The van der Waals surface area contributed by atoms with Gasteiger partial charge in [-0.25, -0.2) is 9.78 Å². The molecule has 1 aliphatic rings. The van der Waals surface area contributed by atoms with E-state index in [4.69, 9.17) is 4.74 Å². The SMILES string of the molecule is COc1cccc([C@@H](NC(=O)NCc2cccc(CN3CCCC3)c2)c2nccn2C)c1. The van der Waals surface area contributed by atoms with Crippen LogP contribution in [-0.2, 0) is 20.1 Å². The van der Waals surface area contributed by atoms with Gasteiger partial charge in [-0.15, -0.1) is 0 Å². The molecule has 3 aromatic rings. The number of ether oxygens (including phenoxy) is 1. The summed E-state index contributed by atoms with van der Waals surface area (Å²) in [6.07, 6.45) is 6.17. The smallest absolute Gasteiger partial charge is 0.315 e. The molecular weight excluding hydrogens is 402 g/mol. The van der Waals surface area contributed by atoms with Crippen molar-refractivity contribution in [2.75, 3.05) is 20.2 Å². The van der Waals surface area contributed by atoms with Crippen LogP contribution in [0.15, 0.2) is 60.9 Å². The molecule has 32 heavy (non-hydrogen) atoms. The Kier molecular flexibility index (Phi) is 7.07. The van der Waals surface area contributed by atoms with Crippen molar-refractivity contribution in [1.29, 1.82) is 0 Å². The van der Waals surface area contributed by atoms with Gasteiger partial charge in [0, 0.05) is 32.5 Å². The van der Waals surface area contributed by atoms with E-state index in [1.807, 2.05) is 48.1 Å². The molecule has 0 bridgehead atoms. The highest BCUT2D eigenvalue weighted by atomic mass is 16.5. The highest BCUT2D eigenvalue weighted by Gasteiger charge is 2.21. The van der Waals surface area contributed by atoms with Crippen LogP contribution in [0.2, 0.25) is 0 Å². The molecule has 2 amide bonds. The van der Waals surface area contributed by atoms with E-state index in [1.54, 1.807) is 13.3 Å². The summed E-state index contributed by atoms with van der Waals surface area (Å²) in [6.45, 7) is 3.77. The number of imidazole rings is 1. The van der Waals surface area contributed by atoms with Gasteiger partial charge in [-0.2, -0.15) is 0 Å². The summed E-state index contributed by atoms with van der Waals surface area (Å²) < 4.78 is 7.27. The number of amides is 2. The van der Waals surface area contributed by atoms with Crippen molar-refractivity contribution in [3.8, 4) is 5.75 Å². The zero-order valence-electron chi connectivity index (χ0n) is 18.8. The normalized spacial score (nSPS) is 14.8. The number of carbonyl (C=O) groups is 1. The molecule has 2 N–H and O–H groups in total. The molecule has 1 saturated heterocycles. The lowest BCUT2D eigenvalue weighted by Crippen LogP contribution is -2.39. The summed E-state index contributed by atoms with van der Waals surface area (Å²) in [4.78, 5) is 19.8. The second kappa shape index (κ2) is 10.3. The van der Waals surface area contributed by atoms with Crippen molar-refractivity contribution in [1.82, 2.24) is 25.1 Å². The highest BCUT2D eigenvalue weighted by Crippen LogP contribution is 2.24. The Morgan fingerprint density at radius 2 is 1.91 bits per heavy atom. The highest BCUT2D eigenvalue weighted by molar-refractivity contribution is 5.75. The molecule has 1 aliphatic heterocycles. The van der Waals surface area contributed by atoms with E-state index in [9.17, 15) is 4.79 Å². The number of urea groups is 1. The van der Waals surface area contributed by atoms with Crippen molar-refractivity contribution in [2.45, 2.75) is 32.0 Å². The minimum absolute atomic E-state index is 0.245. The Hall–Kier alpha value is -3.32. The van der Waals surface area contributed by atoms with Crippen LogP contribution in [0.3, 0.4) is 0 Å². The minimum atomic E-state index is -0.397. The van der Waals surface area contributed by atoms with Gasteiger partial charge in [-0.1, -0.05) is 36.4 Å². The van der Waals surface area contributed by atoms with Gasteiger partial charge in [0.1, 0.15) is 17.6 Å². The first-order valence-electron chi connectivity index (χ1n) is 11.1. The Bertz CT molecular complexity index is 1040. The Morgan fingerprint density at radius 1 is 1.12 bits per heavy atom. The first kappa shape index (κ1) is 21.9. The number of carbonyl (C=O) groups excluding carboxylic acids is 1. The lowest BCUT2D eigenvalue weighted by molar-refractivity contribution is 0.237. The molecule has 0 unspecified atom stereocenters. The van der Waals surface area contributed by atoms with Crippen molar-refractivity contribution in [3.63, 3.8) is 0 Å².